The van der Waals surface area contributed by atoms with Crippen LogP contribution in [-0.4, -0.2) is 19.4 Å². The molecule has 0 aliphatic heterocycles. The summed E-state index contributed by atoms with van der Waals surface area (Å²) in [5, 5.41) is 0. The first-order valence-corrected chi connectivity index (χ1v) is 9.39. The number of sulfonamides is 1. The lowest BCUT2D eigenvalue weighted by atomic mass is 10.1. The van der Waals surface area contributed by atoms with Crippen molar-refractivity contribution in [2.45, 2.75) is 36.4 Å². The first kappa shape index (κ1) is 15.4. The maximum atomic E-state index is 12.3. The van der Waals surface area contributed by atoms with Crippen LogP contribution in [0.2, 0.25) is 0 Å². The second-order valence-electron chi connectivity index (χ2n) is 4.69. The predicted octanol–water partition coefficient (Wildman–Crippen LogP) is 2.55. The average molecular weight is 383 g/mol. The van der Waals surface area contributed by atoms with Crippen LogP contribution in [-0.2, 0) is 10.0 Å². The van der Waals surface area contributed by atoms with Crippen LogP contribution < -0.4 is 10.5 Å². The number of nitrogens with two attached hydrogens (primary N) is 1. The number of aryl methyl sites for hydroxylation is 1. The fourth-order valence-corrected chi connectivity index (χ4v) is 6.10. The van der Waals surface area contributed by atoms with Crippen LogP contribution in [0.4, 0.5) is 0 Å². The van der Waals surface area contributed by atoms with Crippen molar-refractivity contribution in [1.29, 1.82) is 0 Å². The lowest BCUT2D eigenvalue weighted by Crippen LogP contribution is -2.41. The molecule has 0 amide bonds. The van der Waals surface area contributed by atoms with Crippen LogP contribution in [0.3, 0.4) is 0 Å². The largest absolute Gasteiger partial charge is 0.393 e. The smallest absolute Gasteiger partial charge is 0.250 e. The third kappa shape index (κ3) is 3.36. The molecule has 19 heavy (non-hydrogen) atoms. The summed E-state index contributed by atoms with van der Waals surface area (Å²) in [6.07, 6.45) is 2.59. The highest BCUT2D eigenvalue weighted by atomic mass is 79.9. The van der Waals surface area contributed by atoms with Crippen molar-refractivity contribution in [2.24, 2.45) is 11.7 Å². The minimum atomic E-state index is -3.49. The summed E-state index contributed by atoms with van der Waals surface area (Å²) >= 11 is 9.56. The number of halogens is 1. The Morgan fingerprint density at radius 1 is 1.58 bits per heavy atom. The van der Waals surface area contributed by atoms with Crippen LogP contribution in [0.5, 0.6) is 0 Å². The van der Waals surface area contributed by atoms with Crippen molar-refractivity contribution in [2.75, 3.05) is 0 Å². The number of rotatable bonds is 4. The van der Waals surface area contributed by atoms with Crippen molar-refractivity contribution in [3.63, 3.8) is 0 Å². The number of thiocarbonyl (C=S) groups is 1. The molecule has 1 aromatic heterocycles. The fourth-order valence-electron chi connectivity index (χ4n) is 2.26. The number of hydrogen-bond donors (Lipinski definition) is 2. The quantitative estimate of drug-likeness (QED) is 0.784. The van der Waals surface area contributed by atoms with E-state index in [1.165, 1.54) is 11.3 Å². The molecule has 1 saturated carbocycles. The van der Waals surface area contributed by atoms with Crippen LogP contribution in [0, 0.1) is 12.8 Å². The van der Waals surface area contributed by atoms with Crippen molar-refractivity contribution in [1.82, 2.24) is 4.72 Å². The monoisotopic (exact) mass is 382 g/mol. The molecule has 2 rings (SSSR count). The molecule has 1 aliphatic rings. The molecule has 4 nitrogen and oxygen atoms in total. The maximum absolute atomic E-state index is 12.3. The molecular weight excluding hydrogens is 368 g/mol. The van der Waals surface area contributed by atoms with Gasteiger partial charge in [-0.1, -0.05) is 18.6 Å². The minimum absolute atomic E-state index is 0.0331. The first-order chi connectivity index (χ1) is 8.81. The van der Waals surface area contributed by atoms with Crippen molar-refractivity contribution in [3.8, 4) is 0 Å². The van der Waals surface area contributed by atoms with Crippen LogP contribution in [0.25, 0.3) is 0 Å². The normalized spacial score (nSPS) is 23.7. The highest BCUT2D eigenvalue weighted by Crippen LogP contribution is 2.32. The van der Waals surface area contributed by atoms with Gasteiger partial charge in [-0.25, -0.2) is 13.1 Å². The van der Waals surface area contributed by atoms with Crippen molar-refractivity contribution >= 4 is 54.5 Å². The molecule has 1 fully saturated rings. The van der Waals surface area contributed by atoms with Crippen molar-refractivity contribution in [3.05, 3.63) is 15.4 Å². The fraction of sp³-hybridized carbons (Fsp3) is 0.545. The van der Waals surface area contributed by atoms with Gasteiger partial charge in [-0.05, 0) is 47.3 Å². The maximum Gasteiger partial charge on any atom is 0.250 e. The molecule has 0 saturated heterocycles. The van der Waals surface area contributed by atoms with Gasteiger partial charge in [0.05, 0.1) is 8.77 Å². The van der Waals surface area contributed by atoms with Gasteiger partial charge in [-0.3, -0.25) is 0 Å². The van der Waals surface area contributed by atoms with E-state index >= 15 is 0 Å². The Morgan fingerprint density at radius 3 is 2.79 bits per heavy atom. The highest BCUT2D eigenvalue weighted by molar-refractivity contribution is 9.11. The SMILES string of the molecule is Cc1cc(S(=O)(=O)NC2CCCC2C(N)=S)sc1Br. The van der Waals surface area contributed by atoms with E-state index in [4.69, 9.17) is 18.0 Å². The molecule has 2 atom stereocenters. The van der Waals surface area contributed by atoms with E-state index in [-0.39, 0.29) is 12.0 Å². The second-order valence-corrected chi connectivity index (χ2v) is 9.47. The third-order valence-corrected chi connectivity index (χ3v) is 7.69. The van der Waals surface area contributed by atoms with Gasteiger partial charge in [0.15, 0.2) is 0 Å². The Morgan fingerprint density at radius 2 is 2.26 bits per heavy atom. The van der Waals surface area contributed by atoms with Gasteiger partial charge in [0, 0.05) is 12.0 Å². The first-order valence-electron chi connectivity index (χ1n) is 5.89. The van der Waals surface area contributed by atoms with Gasteiger partial charge in [0.25, 0.3) is 0 Å². The lowest BCUT2D eigenvalue weighted by Gasteiger charge is -2.19. The van der Waals surface area contributed by atoms with Crippen LogP contribution in [0.15, 0.2) is 14.1 Å². The number of hydrogen-bond acceptors (Lipinski definition) is 4. The summed E-state index contributed by atoms with van der Waals surface area (Å²) in [4.78, 5) is 0.397. The summed E-state index contributed by atoms with van der Waals surface area (Å²) in [5.74, 6) is -0.0331. The summed E-state index contributed by atoms with van der Waals surface area (Å²) in [6.45, 7) is 1.87. The molecule has 8 heteroatoms. The molecule has 106 valence electrons. The number of thiophene rings is 1. The Bertz CT molecular complexity index is 578. The van der Waals surface area contributed by atoms with Gasteiger partial charge in [-0.2, -0.15) is 0 Å². The zero-order valence-electron chi connectivity index (χ0n) is 10.3. The van der Waals surface area contributed by atoms with Gasteiger partial charge in [-0.15, -0.1) is 11.3 Å². The standard InChI is InChI=1S/C11H15BrN2O2S3/c1-6-5-9(18-10(6)12)19(15,16)14-8-4-2-3-7(8)11(13)17/h5,7-8,14H,2-4H2,1H3,(H2,13,17). The molecule has 0 bridgehead atoms. The van der Waals surface area contributed by atoms with Crippen LogP contribution in [0.1, 0.15) is 24.8 Å². The van der Waals surface area contributed by atoms with E-state index in [0.29, 0.717) is 9.20 Å². The van der Waals surface area contributed by atoms with Crippen molar-refractivity contribution < 1.29 is 8.42 Å². The lowest BCUT2D eigenvalue weighted by molar-refractivity contribution is 0.526. The van der Waals surface area contributed by atoms with Gasteiger partial charge < -0.3 is 5.73 Å². The van der Waals surface area contributed by atoms with Crippen LogP contribution >= 0.6 is 39.5 Å². The van der Waals surface area contributed by atoms with E-state index in [0.717, 1.165) is 28.6 Å². The predicted molar refractivity (Wildman–Crippen MR) is 85.0 cm³/mol. The van der Waals surface area contributed by atoms with E-state index in [1.807, 2.05) is 6.92 Å². The Hall–Kier alpha value is -0.0200. The highest BCUT2D eigenvalue weighted by Gasteiger charge is 2.33. The van der Waals surface area contributed by atoms with E-state index < -0.39 is 10.0 Å². The molecule has 3 N–H and O–H groups in total. The Kier molecular flexibility index (Phi) is 4.67. The van der Waals surface area contributed by atoms with E-state index in [1.54, 1.807) is 6.07 Å². The molecule has 0 aromatic carbocycles. The summed E-state index contributed by atoms with van der Waals surface area (Å²) in [6, 6.07) is 1.49. The summed E-state index contributed by atoms with van der Waals surface area (Å²) in [7, 11) is -3.49. The topological polar surface area (TPSA) is 72.2 Å². The minimum Gasteiger partial charge on any atom is -0.393 e. The average Bonchev–Trinajstić information content (AvgIpc) is 2.87. The summed E-state index contributed by atoms with van der Waals surface area (Å²) in [5.41, 5.74) is 6.58. The van der Waals surface area contributed by atoms with Gasteiger partial charge in [0.2, 0.25) is 10.0 Å². The molecule has 1 aliphatic carbocycles. The van der Waals surface area contributed by atoms with E-state index in [2.05, 4.69) is 20.7 Å². The van der Waals surface area contributed by atoms with Gasteiger partial charge in [0.1, 0.15) is 4.21 Å². The molecule has 0 radical (unpaired) electrons. The molecule has 2 unspecified atom stereocenters. The third-order valence-electron chi connectivity index (χ3n) is 3.29. The molecular formula is C11H15BrN2O2S3. The second kappa shape index (κ2) is 5.77. The molecule has 0 spiro atoms. The molecule has 1 aromatic rings. The Balaban J connectivity index is 2.20. The number of nitrogens with one attached hydrogen (secondary N) is 1. The van der Waals surface area contributed by atoms with Gasteiger partial charge >= 0.3 is 0 Å². The molecule has 1 heterocycles. The zero-order valence-corrected chi connectivity index (χ0v) is 14.4. The Labute approximate surface area is 130 Å². The summed E-state index contributed by atoms with van der Waals surface area (Å²) < 4.78 is 28.5. The van der Waals surface area contributed by atoms with E-state index in [9.17, 15) is 8.42 Å². The zero-order chi connectivity index (χ0) is 14.2.